The van der Waals surface area contributed by atoms with Crippen LogP contribution in [0.5, 0.6) is 0 Å². The highest BCUT2D eigenvalue weighted by molar-refractivity contribution is 5.97. The molecule has 0 spiro atoms. The van der Waals surface area contributed by atoms with Gasteiger partial charge in [0.2, 0.25) is 5.91 Å². The summed E-state index contributed by atoms with van der Waals surface area (Å²) in [6, 6.07) is 6.45. The molecule has 1 aliphatic rings. The van der Waals surface area contributed by atoms with Gasteiger partial charge >= 0.3 is 0 Å². The van der Waals surface area contributed by atoms with E-state index in [1.165, 1.54) is 11.1 Å². The van der Waals surface area contributed by atoms with E-state index in [1.807, 2.05) is 18.0 Å². The van der Waals surface area contributed by atoms with Gasteiger partial charge in [0.15, 0.2) is 0 Å². The van der Waals surface area contributed by atoms with Gasteiger partial charge in [-0.3, -0.25) is 4.79 Å². The van der Waals surface area contributed by atoms with Crippen LogP contribution in [0.3, 0.4) is 0 Å². The lowest BCUT2D eigenvalue weighted by atomic mass is 10.0. The summed E-state index contributed by atoms with van der Waals surface area (Å²) in [5, 5.41) is 3.18. The third-order valence-electron chi connectivity index (χ3n) is 4.10. The first-order valence-electron chi connectivity index (χ1n) is 6.59. The third kappa shape index (κ3) is 2.15. The molecule has 1 aliphatic heterocycles. The molecular formula is C15H22N2O. The zero-order valence-electron chi connectivity index (χ0n) is 11.7. The molecule has 1 saturated heterocycles. The number of aryl methyl sites for hydroxylation is 1. The minimum atomic E-state index is 0.247. The molecule has 18 heavy (non-hydrogen) atoms. The molecule has 2 rings (SSSR count). The molecule has 1 fully saturated rings. The van der Waals surface area contributed by atoms with Crippen LogP contribution in [0.1, 0.15) is 24.5 Å². The fourth-order valence-electron chi connectivity index (χ4n) is 2.79. The van der Waals surface area contributed by atoms with E-state index >= 15 is 0 Å². The average molecular weight is 246 g/mol. The van der Waals surface area contributed by atoms with Crippen LogP contribution in [0.25, 0.3) is 0 Å². The molecule has 0 aromatic heterocycles. The molecule has 3 heteroatoms. The highest BCUT2D eigenvalue weighted by atomic mass is 16.2. The molecule has 1 aromatic rings. The lowest BCUT2D eigenvalue weighted by Gasteiger charge is -2.27. The molecule has 2 atom stereocenters. The maximum Gasteiger partial charge on any atom is 0.227 e. The number of carbonyl (C=O) groups excluding carboxylic acids is 1. The van der Waals surface area contributed by atoms with Crippen molar-refractivity contribution in [1.82, 2.24) is 5.32 Å². The van der Waals surface area contributed by atoms with Gasteiger partial charge in [0, 0.05) is 30.6 Å². The van der Waals surface area contributed by atoms with Gasteiger partial charge in [0.05, 0.1) is 0 Å². The van der Waals surface area contributed by atoms with Crippen molar-refractivity contribution in [2.45, 2.75) is 33.2 Å². The first-order chi connectivity index (χ1) is 8.56. The van der Waals surface area contributed by atoms with Gasteiger partial charge in [-0.15, -0.1) is 0 Å². The van der Waals surface area contributed by atoms with E-state index in [2.05, 4.69) is 38.2 Å². The first-order valence-corrected chi connectivity index (χ1v) is 6.59. The number of carbonyl (C=O) groups is 1. The Bertz CT molecular complexity index is 456. The van der Waals surface area contributed by atoms with E-state index < -0.39 is 0 Å². The van der Waals surface area contributed by atoms with Gasteiger partial charge in [0.25, 0.3) is 0 Å². The van der Waals surface area contributed by atoms with E-state index in [1.54, 1.807) is 0 Å². The van der Waals surface area contributed by atoms with E-state index in [0.717, 1.165) is 12.2 Å². The number of nitrogens with one attached hydrogen (secondary N) is 1. The molecule has 98 valence electrons. The van der Waals surface area contributed by atoms with E-state index in [-0.39, 0.29) is 11.9 Å². The van der Waals surface area contributed by atoms with Gasteiger partial charge in [-0.1, -0.05) is 12.1 Å². The summed E-state index contributed by atoms with van der Waals surface area (Å²) < 4.78 is 0. The largest absolute Gasteiger partial charge is 0.319 e. The average Bonchev–Trinajstić information content (AvgIpc) is 2.60. The number of benzene rings is 1. The van der Waals surface area contributed by atoms with Crippen molar-refractivity contribution < 1.29 is 4.79 Å². The Kier molecular flexibility index (Phi) is 3.71. The van der Waals surface area contributed by atoms with Crippen molar-refractivity contribution in [2.24, 2.45) is 5.92 Å². The number of rotatable bonds is 3. The molecule has 0 radical (unpaired) electrons. The molecule has 0 aliphatic carbocycles. The predicted octanol–water partition coefficient (Wildman–Crippen LogP) is 2.26. The monoisotopic (exact) mass is 246 g/mol. The van der Waals surface area contributed by atoms with Crippen LogP contribution in [0.15, 0.2) is 18.2 Å². The van der Waals surface area contributed by atoms with Crippen LogP contribution in [0, 0.1) is 19.8 Å². The standard InChI is InChI=1S/C15H22N2O/c1-10-6-5-7-14(11(10)2)17-12(3)13(9-16-4)8-15(17)18/h5-7,12-13,16H,8-9H2,1-4H3. The normalized spacial score (nSPS) is 23.8. The maximum atomic E-state index is 12.2. The summed E-state index contributed by atoms with van der Waals surface area (Å²) in [6.45, 7) is 7.23. The van der Waals surface area contributed by atoms with Crippen molar-refractivity contribution in [3.63, 3.8) is 0 Å². The molecule has 1 amide bonds. The summed E-state index contributed by atoms with van der Waals surface area (Å²) >= 11 is 0. The van der Waals surface area contributed by atoms with Crippen LogP contribution in [0.2, 0.25) is 0 Å². The quantitative estimate of drug-likeness (QED) is 0.887. The Balaban J connectivity index is 2.33. The van der Waals surface area contributed by atoms with Crippen molar-refractivity contribution in [3.8, 4) is 0 Å². The molecule has 1 aromatic carbocycles. The van der Waals surface area contributed by atoms with Gasteiger partial charge in [-0.2, -0.15) is 0 Å². The van der Waals surface area contributed by atoms with Gasteiger partial charge in [-0.05, 0) is 45.0 Å². The summed E-state index contributed by atoms with van der Waals surface area (Å²) in [6.07, 6.45) is 0.648. The Morgan fingerprint density at radius 2 is 2.11 bits per heavy atom. The fourth-order valence-corrected chi connectivity index (χ4v) is 2.79. The fraction of sp³-hybridized carbons (Fsp3) is 0.533. The number of amides is 1. The number of hydrogen-bond acceptors (Lipinski definition) is 2. The lowest BCUT2D eigenvalue weighted by Crippen LogP contribution is -2.35. The lowest BCUT2D eigenvalue weighted by molar-refractivity contribution is -0.117. The van der Waals surface area contributed by atoms with Crippen LogP contribution in [-0.4, -0.2) is 25.5 Å². The Labute approximate surface area is 109 Å². The van der Waals surface area contributed by atoms with Crippen LogP contribution in [0.4, 0.5) is 5.69 Å². The summed E-state index contributed by atoms with van der Waals surface area (Å²) in [7, 11) is 1.94. The second-order valence-corrected chi connectivity index (χ2v) is 5.25. The highest BCUT2D eigenvalue weighted by Gasteiger charge is 2.37. The topological polar surface area (TPSA) is 32.3 Å². The molecule has 2 unspecified atom stereocenters. The molecule has 3 nitrogen and oxygen atoms in total. The third-order valence-corrected chi connectivity index (χ3v) is 4.10. The molecule has 0 saturated carbocycles. The number of anilines is 1. The SMILES string of the molecule is CNCC1CC(=O)N(c2cccc(C)c2C)C1C. The van der Waals surface area contributed by atoms with E-state index in [4.69, 9.17) is 0 Å². The number of hydrogen-bond donors (Lipinski definition) is 1. The first kappa shape index (κ1) is 13.1. The highest BCUT2D eigenvalue weighted by Crippen LogP contribution is 2.33. The second-order valence-electron chi connectivity index (χ2n) is 5.25. The van der Waals surface area contributed by atoms with Gasteiger partial charge in [-0.25, -0.2) is 0 Å². The molecule has 1 heterocycles. The van der Waals surface area contributed by atoms with Crippen LogP contribution in [-0.2, 0) is 4.79 Å². The Morgan fingerprint density at radius 1 is 1.39 bits per heavy atom. The summed E-state index contributed by atoms with van der Waals surface area (Å²) in [5.74, 6) is 0.652. The number of nitrogens with zero attached hydrogens (tertiary/aromatic N) is 1. The summed E-state index contributed by atoms with van der Waals surface area (Å²) in [4.78, 5) is 14.2. The van der Waals surface area contributed by atoms with Crippen molar-refractivity contribution >= 4 is 11.6 Å². The Morgan fingerprint density at radius 3 is 2.78 bits per heavy atom. The van der Waals surface area contributed by atoms with Crippen molar-refractivity contribution in [3.05, 3.63) is 29.3 Å². The Hall–Kier alpha value is -1.35. The van der Waals surface area contributed by atoms with E-state index in [9.17, 15) is 4.79 Å². The smallest absolute Gasteiger partial charge is 0.227 e. The second kappa shape index (κ2) is 5.11. The summed E-state index contributed by atoms with van der Waals surface area (Å²) in [5.41, 5.74) is 3.53. The minimum absolute atomic E-state index is 0.247. The van der Waals surface area contributed by atoms with Crippen molar-refractivity contribution in [1.29, 1.82) is 0 Å². The zero-order chi connectivity index (χ0) is 13.3. The minimum Gasteiger partial charge on any atom is -0.319 e. The van der Waals surface area contributed by atoms with Crippen molar-refractivity contribution in [2.75, 3.05) is 18.5 Å². The predicted molar refractivity (Wildman–Crippen MR) is 74.9 cm³/mol. The zero-order valence-corrected chi connectivity index (χ0v) is 11.7. The van der Waals surface area contributed by atoms with E-state index in [0.29, 0.717) is 12.3 Å². The maximum absolute atomic E-state index is 12.2. The molecular weight excluding hydrogens is 224 g/mol. The molecule has 1 N–H and O–H groups in total. The van der Waals surface area contributed by atoms with Crippen LogP contribution >= 0.6 is 0 Å². The van der Waals surface area contributed by atoms with Gasteiger partial charge < -0.3 is 10.2 Å². The van der Waals surface area contributed by atoms with Gasteiger partial charge in [0.1, 0.15) is 0 Å². The van der Waals surface area contributed by atoms with Crippen LogP contribution < -0.4 is 10.2 Å². The molecule has 0 bridgehead atoms.